The summed E-state index contributed by atoms with van der Waals surface area (Å²) < 4.78 is 24.6. The van der Waals surface area contributed by atoms with Gasteiger partial charge in [-0.2, -0.15) is 0 Å². The van der Waals surface area contributed by atoms with Gasteiger partial charge < -0.3 is 10.7 Å². The van der Waals surface area contributed by atoms with Crippen molar-refractivity contribution in [3.8, 4) is 11.4 Å². The van der Waals surface area contributed by atoms with E-state index >= 15 is 0 Å². The van der Waals surface area contributed by atoms with Crippen LogP contribution in [0.25, 0.3) is 22.3 Å². The zero-order chi connectivity index (χ0) is 17.3. The molecule has 1 atom stereocenters. The monoisotopic (exact) mass is 344 g/mol. The van der Waals surface area contributed by atoms with Crippen molar-refractivity contribution >= 4 is 26.6 Å². The van der Waals surface area contributed by atoms with E-state index in [-0.39, 0.29) is 11.6 Å². The van der Waals surface area contributed by atoms with Crippen molar-refractivity contribution < 1.29 is 8.42 Å². The summed E-state index contributed by atoms with van der Waals surface area (Å²) in [4.78, 5) is 11.8. The van der Waals surface area contributed by atoms with E-state index in [1.54, 1.807) is 6.92 Å². The number of nitrogen functional groups attached to an aromatic ring is 1. The maximum absolute atomic E-state index is 12.3. The molecule has 3 aromatic rings. The van der Waals surface area contributed by atoms with E-state index in [1.807, 2.05) is 37.4 Å². The summed E-state index contributed by atoms with van der Waals surface area (Å²) in [5.74, 6) is 0.574. The predicted molar refractivity (Wildman–Crippen MR) is 96.1 cm³/mol. The SMILES string of the molecule is CCC(C)S(=O)(=O)Cc1cc(N)nc(-c2ccc3[nH]ccc3c2)n1. The van der Waals surface area contributed by atoms with E-state index in [4.69, 9.17) is 5.73 Å². The fourth-order valence-electron chi connectivity index (χ4n) is 2.52. The van der Waals surface area contributed by atoms with Crippen LogP contribution in [0.15, 0.2) is 36.5 Å². The van der Waals surface area contributed by atoms with Gasteiger partial charge in [0.25, 0.3) is 0 Å². The van der Waals surface area contributed by atoms with E-state index in [0.717, 1.165) is 16.5 Å². The number of H-pyrrole nitrogens is 1. The number of benzene rings is 1. The molecular weight excluding hydrogens is 324 g/mol. The normalized spacial score (nSPS) is 13.2. The van der Waals surface area contributed by atoms with E-state index in [9.17, 15) is 8.42 Å². The first-order chi connectivity index (χ1) is 11.4. The molecule has 0 saturated heterocycles. The number of fused-ring (bicyclic) bond motifs is 1. The first-order valence-corrected chi connectivity index (χ1v) is 9.53. The van der Waals surface area contributed by atoms with Gasteiger partial charge in [-0.25, -0.2) is 18.4 Å². The molecule has 0 fully saturated rings. The highest BCUT2D eigenvalue weighted by atomic mass is 32.2. The Morgan fingerprint density at radius 2 is 2.00 bits per heavy atom. The summed E-state index contributed by atoms with van der Waals surface area (Å²) >= 11 is 0. The Kier molecular flexibility index (Phi) is 4.28. The Labute approximate surface area is 141 Å². The lowest BCUT2D eigenvalue weighted by molar-refractivity contribution is 0.579. The van der Waals surface area contributed by atoms with E-state index in [0.29, 0.717) is 17.9 Å². The van der Waals surface area contributed by atoms with Gasteiger partial charge in [0.2, 0.25) is 0 Å². The first kappa shape index (κ1) is 16.4. The lowest BCUT2D eigenvalue weighted by atomic mass is 10.1. The minimum atomic E-state index is -3.26. The van der Waals surface area contributed by atoms with Crippen LogP contribution >= 0.6 is 0 Å². The fraction of sp³-hybridized carbons (Fsp3) is 0.294. The first-order valence-electron chi connectivity index (χ1n) is 7.81. The summed E-state index contributed by atoms with van der Waals surface area (Å²) in [6.45, 7) is 3.56. The quantitative estimate of drug-likeness (QED) is 0.741. The Hall–Kier alpha value is -2.41. The zero-order valence-corrected chi connectivity index (χ0v) is 14.5. The lowest BCUT2D eigenvalue weighted by Gasteiger charge is -2.11. The molecule has 0 saturated carbocycles. The molecule has 6 nitrogen and oxygen atoms in total. The highest BCUT2D eigenvalue weighted by Crippen LogP contribution is 2.23. The van der Waals surface area contributed by atoms with Gasteiger partial charge in [0, 0.05) is 28.7 Å². The lowest BCUT2D eigenvalue weighted by Crippen LogP contribution is -2.19. The van der Waals surface area contributed by atoms with Crippen LogP contribution in [-0.2, 0) is 15.6 Å². The number of aromatic nitrogens is 3. The van der Waals surface area contributed by atoms with Crippen LogP contribution in [0.4, 0.5) is 5.82 Å². The molecule has 126 valence electrons. The molecule has 2 heterocycles. The van der Waals surface area contributed by atoms with Crippen LogP contribution in [-0.4, -0.2) is 28.6 Å². The molecule has 1 unspecified atom stereocenters. The largest absolute Gasteiger partial charge is 0.384 e. The Morgan fingerprint density at radius 1 is 1.21 bits per heavy atom. The second-order valence-corrected chi connectivity index (χ2v) is 8.33. The van der Waals surface area contributed by atoms with Gasteiger partial charge in [-0.3, -0.25) is 0 Å². The summed E-state index contributed by atoms with van der Waals surface area (Å²) in [5.41, 5.74) is 8.11. The van der Waals surface area contributed by atoms with E-state index in [1.165, 1.54) is 6.07 Å². The van der Waals surface area contributed by atoms with E-state index in [2.05, 4.69) is 15.0 Å². The molecule has 0 spiro atoms. The highest BCUT2D eigenvalue weighted by Gasteiger charge is 2.21. The third-order valence-electron chi connectivity index (χ3n) is 4.15. The van der Waals surface area contributed by atoms with Crippen molar-refractivity contribution in [3.05, 3.63) is 42.2 Å². The Bertz CT molecular complexity index is 979. The second kappa shape index (κ2) is 6.24. The molecule has 24 heavy (non-hydrogen) atoms. The molecule has 3 rings (SSSR count). The Morgan fingerprint density at radius 3 is 2.75 bits per heavy atom. The van der Waals surface area contributed by atoms with Crippen molar-refractivity contribution in [2.75, 3.05) is 5.73 Å². The molecule has 3 N–H and O–H groups in total. The maximum atomic E-state index is 12.3. The van der Waals surface area contributed by atoms with Gasteiger partial charge in [-0.1, -0.05) is 6.92 Å². The van der Waals surface area contributed by atoms with Crippen molar-refractivity contribution in [2.45, 2.75) is 31.3 Å². The van der Waals surface area contributed by atoms with Gasteiger partial charge in [0.05, 0.1) is 16.7 Å². The molecule has 0 aliphatic heterocycles. The average Bonchev–Trinajstić information content (AvgIpc) is 3.00. The number of hydrogen-bond donors (Lipinski definition) is 2. The standard InChI is InChI=1S/C17H20N4O2S/c1-3-11(2)24(22,23)10-14-9-16(18)21-17(20-14)13-4-5-15-12(8-13)6-7-19-15/h4-9,11,19H,3,10H2,1-2H3,(H2,18,20,21). The number of sulfone groups is 1. The van der Waals surface area contributed by atoms with E-state index < -0.39 is 15.1 Å². The summed E-state index contributed by atoms with van der Waals surface area (Å²) in [7, 11) is -3.26. The van der Waals surface area contributed by atoms with Crippen LogP contribution < -0.4 is 5.73 Å². The summed E-state index contributed by atoms with van der Waals surface area (Å²) in [6.07, 6.45) is 2.43. The second-order valence-electron chi connectivity index (χ2n) is 5.91. The van der Waals surface area contributed by atoms with Crippen LogP contribution in [0.5, 0.6) is 0 Å². The van der Waals surface area contributed by atoms with Gasteiger partial charge >= 0.3 is 0 Å². The smallest absolute Gasteiger partial charge is 0.161 e. The van der Waals surface area contributed by atoms with Gasteiger partial charge in [-0.15, -0.1) is 0 Å². The van der Waals surface area contributed by atoms with Gasteiger partial charge in [-0.05, 0) is 37.6 Å². The average molecular weight is 344 g/mol. The van der Waals surface area contributed by atoms with Crippen molar-refractivity contribution in [3.63, 3.8) is 0 Å². The van der Waals surface area contributed by atoms with Gasteiger partial charge in [0.1, 0.15) is 5.82 Å². The Balaban J connectivity index is 1.99. The van der Waals surface area contributed by atoms with Gasteiger partial charge in [0.15, 0.2) is 15.7 Å². The molecule has 0 aliphatic rings. The van der Waals surface area contributed by atoms with Crippen LogP contribution in [0.3, 0.4) is 0 Å². The fourth-order valence-corrected chi connectivity index (χ4v) is 3.87. The topological polar surface area (TPSA) is 102 Å². The molecule has 0 bridgehead atoms. The van der Waals surface area contributed by atoms with Crippen LogP contribution in [0, 0.1) is 0 Å². The number of rotatable bonds is 5. The van der Waals surface area contributed by atoms with Crippen molar-refractivity contribution in [1.29, 1.82) is 0 Å². The van der Waals surface area contributed by atoms with Crippen molar-refractivity contribution in [1.82, 2.24) is 15.0 Å². The summed E-state index contributed by atoms with van der Waals surface area (Å²) in [5, 5.41) is 0.626. The molecule has 1 aromatic carbocycles. The minimum Gasteiger partial charge on any atom is -0.384 e. The van der Waals surface area contributed by atoms with Crippen molar-refractivity contribution in [2.24, 2.45) is 0 Å². The number of hydrogen-bond acceptors (Lipinski definition) is 5. The third-order valence-corrected chi connectivity index (χ3v) is 6.41. The summed E-state index contributed by atoms with van der Waals surface area (Å²) in [6, 6.07) is 9.26. The van der Waals surface area contributed by atoms with Crippen LogP contribution in [0.2, 0.25) is 0 Å². The highest BCUT2D eigenvalue weighted by molar-refractivity contribution is 7.91. The number of aromatic amines is 1. The third kappa shape index (κ3) is 3.26. The number of nitrogens with one attached hydrogen (secondary N) is 1. The number of anilines is 1. The molecule has 7 heteroatoms. The molecule has 2 aromatic heterocycles. The maximum Gasteiger partial charge on any atom is 0.161 e. The molecule has 0 radical (unpaired) electrons. The number of nitrogens with two attached hydrogens (primary N) is 1. The molecular formula is C17H20N4O2S. The minimum absolute atomic E-state index is 0.131. The van der Waals surface area contributed by atoms with Crippen LogP contribution in [0.1, 0.15) is 26.0 Å². The molecule has 0 amide bonds. The molecule has 0 aliphatic carbocycles. The number of nitrogens with zero attached hydrogens (tertiary/aromatic N) is 2. The zero-order valence-electron chi connectivity index (χ0n) is 13.7. The predicted octanol–water partition coefficient (Wildman–Crippen LogP) is 2.92.